The maximum Gasteiger partial charge on any atom is 0.328 e. The van der Waals surface area contributed by atoms with Crippen LogP contribution in [0.5, 0.6) is 0 Å². The molecule has 51 heavy (non-hydrogen) atoms. The molecule has 10 nitrogen and oxygen atoms in total. The van der Waals surface area contributed by atoms with Crippen molar-refractivity contribution in [2.24, 2.45) is 11.8 Å². The van der Waals surface area contributed by atoms with Gasteiger partial charge in [-0.25, -0.2) is 4.79 Å². The number of ether oxygens (including phenoxy) is 2. The Balaban J connectivity index is 2.18. The van der Waals surface area contributed by atoms with E-state index in [2.05, 4.69) is 55.7 Å². The molecule has 1 aromatic carbocycles. The molecule has 0 radical (unpaired) electrons. The summed E-state index contributed by atoms with van der Waals surface area (Å²) in [5.41, 5.74) is 0.672. The second kappa shape index (κ2) is 21.3. The van der Waals surface area contributed by atoms with Gasteiger partial charge in [-0.1, -0.05) is 96.6 Å². The number of amides is 3. The minimum absolute atomic E-state index is 0.00394. The maximum atomic E-state index is 14.0. The van der Waals surface area contributed by atoms with Crippen molar-refractivity contribution in [3.05, 3.63) is 35.9 Å². The first-order valence-corrected chi connectivity index (χ1v) is 19.3. The molecular weight excluding hydrogens is 646 g/mol. The van der Waals surface area contributed by atoms with Crippen molar-refractivity contribution in [3.63, 3.8) is 0 Å². The molecule has 288 valence electrons. The number of methoxy groups -OCH3 is 1. The number of piperidine rings is 1. The quantitative estimate of drug-likeness (QED) is 0.107. The predicted octanol–water partition coefficient (Wildman–Crippen LogP) is 6.68. The van der Waals surface area contributed by atoms with E-state index in [4.69, 9.17) is 9.47 Å². The fourth-order valence-corrected chi connectivity index (χ4v) is 6.87. The summed E-state index contributed by atoms with van der Waals surface area (Å²) in [6.07, 6.45) is 7.21. The number of Topliss-reactive ketones (excluding diaryl/α,β-unsaturated/α-hetero) is 1. The molecule has 0 saturated carbocycles. The van der Waals surface area contributed by atoms with Crippen molar-refractivity contribution in [2.45, 2.75) is 162 Å². The third-order valence-corrected chi connectivity index (χ3v) is 10.1. The smallest absolute Gasteiger partial charge is 0.328 e. The normalized spacial score (nSPS) is 17.4. The van der Waals surface area contributed by atoms with Crippen molar-refractivity contribution in [2.75, 3.05) is 20.2 Å². The van der Waals surface area contributed by atoms with Crippen molar-refractivity contribution >= 4 is 29.5 Å². The summed E-state index contributed by atoms with van der Waals surface area (Å²) in [7, 11) is 1.29. The van der Waals surface area contributed by atoms with E-state index in [9.17, 15) is 24.0 Å². The molecule has 0 aromatic heterocycles. The standard InChI is InChI=1S/C41H67N3O7/c1-10-12-15-19-31(28-35(46)44-25-23-41(8,24-26-44)32-20-17-14-18-21-32)38(48)43-36(30(4)51-40(5,6)7)34(45)27-29(3)37(47)42-33(39(49)50-9)22-16-13-11-2/h14,17-18,20-21,29-31,33,36H,10-13,15-16,19,22-28H2,1-9H3,(H,42,47)(H,43,48)/t29-,30-,31-,33+,36+/m1/s1. The number of unbranched alkanes of at least 4 members (excludes halogenated alkanes) is 4. The van der Waals surface area contributed by atoms with Gasteiger partial charge >= 0.3 is 5.97 Å². The Hall–Kier alpha value is -3.27. The number of rotatable bonds is 21. The zero-order valence-electron chi connectivity index (χ0n) is 33.0. The Morgan fingerprint density at radius 2 is 1.43 bits per heavy atom. The van der Waals surface area contributed by atoms with E-state index >= 15 is 0 Å². The Labute approximate surface area is 307 Å². The molecule has 0 spiro atoms. The molecular formula is C41H67N3O7. The summed E-state index contributed by atoms with van der Waals surface area (Å²) >= 11 is 0. The van der Waals surface area contributed by atoms with Crippen LogP contribution in [0, 0.1) is 11.8 Å². The zero-order valence-corrected chi connectivity index (χ0v) is 33.0. The number of nitrogens with one attached hydrogen (secondary N) is 2. The highest BCUT2D eigenvalue weighted by molar-refractivity contribution is 5.94. The van der Waals surface area contributed by atoms with Crippen molar-refractivity contribution in [1.82, 2.24) is 15.5 Å². The van der Waals surface area contributed by atoms with Crippen LogP contribution < -0.4 is 10.6 Å². The van der Waals surface area contributed by atoms with E-state index < -0.39 is 47.5 Å². The van der Waals surface area contributed by atoms with E-state index in [1.165, 1.54) is 12.7 Å². The van der Waals surface area contributed by atoms with Crippen LogP contribution >= 0.6 is 0 Å². The minimum atomic E-state index is -1.03. The van der Waals surface area contributed by atoms with E-state index in [0.717, 1.165) is 51.4 Å². The molecule has 1 fully saturated rings. The Bertz CT molecular complexity index is 1250. The van der Waals surface area contributed by atoms with E-state index in [-0.39, 0.29) is 35.9 Å². The van der Waals surface area contributed by atoms with Crippen molar-refractivity contribution in [1.29, 1.82) is 0 Å². The Kier molecular flexibility index (Phi) is 18.3. The number of esters is 1. The van der Waals surface area contributed by atoms with Gasteiger partial charge in [0.05, 0.1) is 18.8 Å². The lowest BCUT2D eigenvalue weighted by molar-refractivity contribution is -0.146. The third-order valence-electron chi connectivity index (χ3n) is 10.1. The molecule has 1 aromatic rings. The fourth-order valence-electron chi connectivity index (χ4n) is 6.87. The number of carbonyl (C=O) groups is 5. The zero-order chi connectivity index (χ0) is 38.2. The first-order valence-electron chi connectivity index (χ1n) is 19.3. The minimum Gasteiger partial charge on any atom is -0.467 e. The lowest BCUT2D eigenvalue weighted by atomic mass is 9.74. The van der Waals surface area contributed by atoms with Crippen LogP contribution in [0.25, 0.3) is 0 Å². The van der Waals surface area contributed by atoms with Crippen LogP contribution in [0.3, 0.4) is 0 Å². The molecule has 5 atom stereocenters. The van der Waals surface area contributed by atoms with Gasteiger partial charge in [0.15, 0.2) is 5.78 Å². The van der Waals surface area contributed by atoms with Crippen LogP contribution in [0.2, 0.25) is 0 Å². The highest BCUT2D eigenvalue weighted by Crippen LogP contribution is 2.35. The van der Waals surface area contributed by atoms with Gasteiger partial charge in [0.1, 0.15) is 12.1 Å². The number of ketones is 1. The molecule has 0 unspecified atom stereocenters. The SMILES string of the molecule is CCCCC[C@H](CC(=O)N1CCC(C)(c2ccccc2)CC1)C(=O)N[C@H](C(=O)C[C@@H](C)C(=O)N[C@@H](CCCCC)C(=O)OC)[C@@H](C)OC(C)(C)C. The monoisotopic (exact) mass is 713 g/mol. The van der Waals surface area contributed by atoms with Gasteiger partial charge in [-0.3, -0.25) is 19.2 Å². The van der Waals surface area contributed by atoms with Gasteiger partial charge in [-0.15, -0.1) is 0 Å². The van der Waals surface area contributed by atoms with E-state index in [1.807, 2.05) is 31.7 Å². The summed E-state index contributed by atoms with van der Waals surface area (Å²) in [5.74, 6) is -3.07. The van der Waals surface area contributed by atoms with E-state index in [0.29, 0.717) is 25.9 Å². The topological polar surface area (TPSA) is 131 Å². The number of benzene rings is 1. The Morgan fingerprint density at radius 1 is 0.843 bits per heavy atom. The number of hydrogen-bond donors (Lipinski definition) is 2. The summed E-state index contributed by atoms with van der Waals surface area (Å²) in [5, 5.41) is 5.73. The number of carbonyl (C=O) groups excluding carboxylic acids is 5. The van der Waals surface area contributed by atoms with Gasteiger partial charge in [0.25, 0.3) is 0 Å². The number of nitrogens with zero attached hydrogens (tertiary/aromatic N) is 1. The molecule has 3 amide bonds. The van der Waals surface area contributed by atoms with Gasteiger partial charge in [0, 0.05) is 37.8 Å². The molecule has 2 rings (SSSR count). The highest BCUT2D eigenvalue weighted by Gasteiger charge is 2.37. The molecule has 0 aliphatic carbocycles. The first-order chi connectivity index (χ1) is 24.0. The van der Waals surface area contributed by atoms with Crippen molar-refractivity contribution in [3.8, 4) is 0 Å². The van der Waals surface area contributed by atoms with E-state index in [1.54, 1.807) is 13.8 Å². The molecule has 2 N–H and O–H groups in total. The highest BCUT2D eigenvalue weighted by atomic mass is 16.5. The lowest BCUT2D eigenvalue weighted by Crippen LogP contribution is -2.53. The average molecular weight is 714 g/mol. The Morgan fingerprint density at radius 3 is 1.98 bits per heavy atom. The van der Waals surface area contributed by atoms with Gasteiger partial charge in [0.2, 0.25) is 17.7 Å². The average Bonchev–Trinajstić information content (AvgIpc) is 3.09. The lowest BCUT2D eigenvalue weighted by Gasteiger charge is -2.40. The van der Waals surface area contributed by atoms with Crippen LogP contribution in [0.15, 0.2) is 30.3 Å². The second-order valence-electron chi connectivity index (χ2n) is 15.8. The second-order valence-corrected chi connectivity index (χ2v) is 15.8. The molecule has 10 heteroatoms. The molecule has 1 heterocycles. The van der Waals surface area contributed by atoms with Gasteiger partial charge < -0.3 is 25.0 Å². The largest absolute Gasteiger partial charge is 0.467 e. The molecule has 1 aliphatic heterocycles. The number of hydrogen-bond acceptors (Lipinski definition) is 7. The summed E-state index contributed by atoms with van der Waals surface area (Å²) < 4.78 is 11.1. The van der Waals surface area contributed by atoms with Gasteiger partial charge in [-0.2, -0.15) is 0 Å². The third kappa shape index (κ3) is 14.7. The maximum absolute atomic E-state index is 14.0. The summed E-state index contributed by atoms with van der Waals surface area (Å²) in [6.45, 7) is 16.7. The summed E-state index contributed by atoms with van der Waals surface area (Å²) in [6, 6.07) is 8.59. The molecule has 1 saturated heterocycles. The van der Waals surface area contributed by atoms with Crippen LogP contribution in [-0.4, -0.2) is 78.4 Å². The van der Waals surface area contributed by atoms with Crippen LogP contribution in [0.4, 0.5) is 0 Å². The molecule has 0 bridgehead atoms. The van der Waals surface area contributed by atoms with Crippen molar-refractivity contribution < 1.29 is 33.4 Å². The van der Waals surface area contributed by atoms with Gasteiger partial charge in [-0.05, 0) is 64.4 Å². The predicted molar refractivity (Wildman–Crippen MR) is 201 cm³/mol. The van der Waals surface area contributed by atoms with Crippen LogP contribution in [-0.2, 0) is 38.9 Å². The van der Waals surface area contributed by atoms with Crippen LogP contribution in [0.1, 0.15) is 138 Å². The fraction of sp³-hybridized carbons (Fsp3) is 0.732. The summed E-state index contributed by atoms with van der Waals surface area (Å²) in [4.78, 5) is 69.0. The first kappa shape index (κ1) is 43.9. The number of likely N-dealkylation sites (tertiary alicyclic amines) is 1. The molecule has 1 aliphatic rings.